The van der Waals surface area contributed by atoms with Gasteiger partial charge in [-0.1, -0.05) is 34.2 Å². The van der Waals surface area contributed by atoms with Crippen LogP contribution in [0, 0.1) is 0 Å². The summed E-state index contributed by atoms with van der Waals surface area (Å²) in [6.07, 6.45) is 0. The summed E-state index contributed by atoms with van der Waals surface area (Å²) in [6.45, 7) is 20.0. The first-order valence-electron chi connectivity index (χ1n) is 6.26. The number of rotatable bonds is 8. The Balaban J connectivity index is 4.75. The van der Waals surface area contributed by atoms with Crippen LogP contribution >= 0.6 is 0 Å². The van der Waals surface area contributed by atoms with Gasteiger partial charge in [-0.15, -0.1) is 12.3 Å². The van der Waals surface area contributed by atoms with Crippen LogP contribution in [0.2, 0.25) is 6.55 Å². The molecule has 3 heteroatoms. The standard InChI is InChI=1S/C12H28N2Si/c1-7-13(8-2)12(15(6)11-5)14(9-3)10-4/h11-12,15H,5,7-10H2,1-4,6H3. The van der Waals surface area contributed by atoms with Crippen LogP contribution in [0.15, 0.2) is 12.3 Å². The maximum Gasteiger partial charge on any atom is 0.0948 e. The summed E-state index contributed by atoms with van der Waals surface area (Å²) in [5.74, 6) is 0.646. The molecule has 2 nitrogen and oxygen atoms in total. The molecule has 0 fully saturated rings. The minimum absolute atomic E-state index is 0.646. The Morgan fingerprint density at radius 3 is 1.53 bits per heavy atom. The summed E-state index contributed by atoms with van der Waals surface area (Å²) >= 11 is 0. The monoisotopic (exact) mass is 228 g/mol. The predicted molar refractivity (Wildman–Crippen MR) is 72.8 cm³/mol. The third-order valence-corrected chi connectivity index (χ3v) is 5.74. The number of hydrogen-bond acceptors (Lipinski definition) is 2. The van der Waals surface area contributed by atoms with Crippen molar-refractivity contribution in [1.29, 1.82) is 0 Å². The molecule has 90 valence electrons. The summed E-state index contributed by atoms with van der Waals surface area (Å²) in [5, 5.41) is 0. The van der Waals surface area contributed by atoms with E-state index in [4.69, 9.17) is 0 Å². The average molecular weight is 228 g/mol. The van der Waals surface area contributed by atoms with E-state index in [2.05, 4.69) is 56.3 Å². The van der Waals surface area contributed by atoms with E-state index in [1.165, 1.54) is 0 Å². The van der Waals surface area contributed by atoms with Gasteiger partial charge >= 0.3 is 0 Å². The molecule has 0 aromatic rings. The van der Waals surface area contributed by atoms with Gasteiger partial charge in [-0.3, -0.25) is 9.80 Å². The van der Waals surface area contributed by atoms with Gasteiger partial charge in [0.25, 0.3) is 0 Å². The van der Waals surface area contributed by atoms with Crippen molar-refractivity contribution < 1.29 is 0 Å². The molecule has 0 aromatic carbocycles. The molecule has 0 saturated carbocycles. The average Bonchev–Trinajstić information content (AvgIpc) is 2.28. The second kappa shape index (κ2) is 8.08. The Kier molecular flexibility index (Phi) is 8.01. The van der Waals surface area contributed by atoms with E-state index < -0.39 is 8.80 Å². The molecule has 1 atom stereocenters. The molecule has 0 N–H and O–H groups in total. The molecule has 0 bridgehead atoms. The second-order valence-corrected chi connectivity index (χ2v) is 6.74. The molecule has 0 heterocycles. The van der Waals surface area contributed by atoms with E-state index >= 15 is 0 Å². The number of hydrogen-bond donors (Lipinski definition) is 0. The fourth-order valence-corrected chi connectivity index (χ4v) is 4.63. The molecular weight excluding hydrogens is 200 g/mol. The smallest absolute Gasteiger partial charge is 0.0948 e. The summed E-state index contributed by atoms with van der Waals surface area (Å²) < 4.78 is 0. The Morgan fingerprint density at radius 2 is 1.33 bits per heavy atom. The molecule has 1 unspecified atom stereocenters. The van der Waals surface area contributed by atoms with Gasteiger partial charge < -0.3 is 0 Å². The van der Waals surface area contributed by atoms with Gasteiger partial charge in [0.1, 0.15) is 0 Å². The van der Waals surface area contributed by atoms with Crippen molar-refractivity contribution in [2.24, 2.45) is 0 Å². The zero-order valence-electron chi connectivity index (χ0n) is 11.2. The van der Waals surface area contributed by atoms with Crippen LogP contribution in [-0.4, -0.2) is 50.6 Å². The topological polar surface area (TPSA) is 6.48 Å². The van der Waals surface area contributed by atoms with Crippen LogP contribution in [0.5, 0.6) is 0 Å². The highest BCUT2D eigenvalue weighted by Gasteiger charge is 2.25. The van der Waals surface area contributed by atoms with Gasteiger partial charge in [0.05, 0.1) is 14.6 Å². The zero-order chi connectivity index (χ0) is 11.8. The lowest BCUT2D eigenvalue weighted by molar-refractivity contribution is 0.113. The lowest BCUT2D eigenvalue weighted by atomic mass is 10.5. The molecule has 0 radical (unpaired) electrons. The molecule has 0 spiro atoms. The minimum Gasteiger partial charge on any atom is -0.291 e. The van der Waals surface area contributed by atoms with Crippen LogP contribution in [0.4, 0.5) is 0 Å². The fourth-order valence-electron chi connectivity index (χ4n) is 2.21. The van der Waals surface area contributed by atoms with Gasteiger partial charge in [0.15, 0.2) is 0 Å². The predicted octanol–water partition coefficient (Wildman–Crippen LogP) is 2.12. The van der Waals surface area contributed by atoms with E-state index in [0.29, 0.717) is 5.79 Å². The molecule has 0 aliphatic rings. The van der Waals surface area contributed by atoms with Gasteiger partial charge in [-0.25, -0.2) is 0 Å². The molecule has 0 rings (SSSR count). The van der Waals surface area contributed by atoms with E-state index in [9.17, 15) is 0 Å². The molecule has 15 heavy (non-hydrogen) atoms. The molecule has 0 aliphatic heterocycles. The van der Waals surface area contributed by atoms with Crippen molar-refractivity contribution in [3.63, 3.8) is 0 Å². The normalized spacial score (nSPS) is 13.9. The molecule has 0 amide bonds. The Labute approximate surface area is 97.6 Å². The van der Waals surface area contributed by atoms with E-state index in [1.54, 1.807) is 0 Å². The lowest BCUT2D eigenvalue weighted by Gasteiger charge is -2.40. The largest absolute Gasteiger partial charge is 0.291 e. The van der Waals surface area contributed by atoms with Gasteiger partial charge in [0, 0.05) is 0 Å². The van der Waals surface area contributed by atoms with Gasteiger partial charge in [-0.2, -0.15) is 0 Å². The van der Waals surface area contributed by atoms with Crippen LogP contribution in [0.3, 0.4) is 0 Å². The van der Waals surface area contributed by atoms with E-state index in [0.717, 1.165) is 26.2 Å². The van der Waals surface area contributed by atoms with Crippen molar-refractivity contribution in [3.8, 4) is 0 Å². The summed E-state index contributed by atoms with van der Waals surface area (Å²) in [7, 11) is -0.867. The van der Waals surface area contributed by atoms with E-state index in [-0.39, 0.29) is 0 Å². The quantitative estimate of drug-likeness (QED) is 0.464. The summed E-state index contributed by atoms with van der Waals surface area (Å²) in [5.41, 5.74) is 2.21. The van der Waals surface area contributed by atoms with Crippen LogP contribution in [0.25, 0.3) is 0 Å². The van der Waals surface area contributed by atoms with Crippen molar-refractivity contribution in [2.45, 2.75) is 40.0 Å². The highest BCUT2D eigenvalue weighted by atomic mass is 28.3. The van der Waals surface area contributed by atoms with Crippen LogP contribution in [-0.2, 0) is 0 Å². The minimum atomic E-state index is -0.867. The van der Waals surface area contributed by atoms with Gasteiger partial charge in [0.2, 0.25) is 0 Å². The molecule has 0 saturated heterocycles. The zero-order valence-corrected chi connectivity index (χ0v) is 12.3. The van der Waals surface area contributed by atoms with Gasteiger partial charge in [-0.05, 0) is 26.2 Å². The van der Waals surface area contributed by atoms with Crippen molar-refractivity contribution in [1.82, 2.24) is 9.80 Å². The first-order chi connectivity index (χ1) is 7.15. The first kappa shape index (κ1) is 14.9. The van der Waals surface area contributed by atoms with Crippen molar-refractivity contribution in [2.75, 3.05) is 26.2 Å². The molecule has 0 aliphatic carbocycles. The van der Waals surface area contributed by atoms with Crippen LogP contribution < -0.4 is 0 Å². The van der Waals surface area contributed by atoms with Crippen LogP contribution in [0.1, 0.15) is 27.7 Å². The molecule has 0 aromatic heterocycles. The third kappa shape index (κ3) is 4.09. The third-order valence-electron chi connectivity index (χ3n) is 3.22. The summed E-state index contributed by atoms with van der Waals surface area (Å²) in [6, 6.07) is 0. The highest BCUT2D eigenvalue weighted by molar-refractivity contribution is 6.64. The first-order valence-corrected chi connectivity index (χ1v) is 8.75. The second-order valence-electron chi connectivity index (χ2n) is 3.95. The Morgan fingerprint density at radius 1 is 1.00 bits per heavy atom. The van der Waals surface area contributed by atoms with Crippen molar-refractivity contribution in [3.05, 3.63) is 12.3 Å². The Bertz CT molecular complexity index is 153. The lowest BCUT2D eigenvalue weighted by Crippen LogP contribution is -2.55. The maximum atomic E-state index is 3.99. The molecular formula is C12H28N2Si. The highest BCUT2D eigenvalue weighted by Crippen LogP contribution is 2.10. The number of nitrogens with zero attached hydrogens (tertiary/aromatic N) is 2. The SMILES string of the molecule is C=C[SiH](C)C(N(CC)CC)N(CC)CC. The summed E-state index contributed by atoms with van der Waals surface area (Å²) in [4.78, 5) is 5.15. The Hall–Kier alpha value is -0.123. The fraction of sp³-hybridized carbons (Fsp3) is 0.833. The van der Waals surface area contributed by atoms with E-state index in [1.807, 2.05) is 0 Å². The maximum absolute atomic E-state index is 3.99. The van der Waals surface area contributed by atoms with Crippen molar-refractivity contribution >= 4 is 8.80 Å².